The molecular weight excluding hydrogens is 326 g/mol. The summed E-state index contributed by atoms with van der Waals surface area (Å²) >= 11 is 1.39. The molecule has 0 saturated heterocycles. The summed E-state index contributed by atoms with van der Waals surface area (Å²) in [6, 6.07) is 9.07. The number of hydrogen-bond acceptors (Lipinski definition) is 5. The van der Waals surface area contributed by atoms with Gasteiger partial charge < -0.3 is 14.8 Å². The molecule has 7 heteroatoms. The quantitative estimate of drug-likeness (QED) is 0.740. The van der Waals surface area contributed by atoms with Gasteiger partial charge in [0.2, 0.25) is 0 Å². The third-order valence-corrected chi connectivity index (χ3v) is 4.46. The van der Waals surface area contributed by atoms with E-state index >= 15 is 0 Å². The van der Waals surface area contributed by atoms with Gasteiger partial charge in [0.1, 0.15) is 17.2 Å². The highest BCUT2D eigenvalue weighted by molar-refractivity contribution is 7.12. The van der Waals surface area contributed by atoms with Crippen LogP contribution >= 0.6 is 11.3 Å². The molecule has 3 aromatic rings. The minimum atomic E-state index is -0.169. The summed E-state index contributed by atoms with van der Waals surface area (Å²) in [5.41, 5.74) is 2.73. The molecule has 0 bridgehead atoms. The predicted molar refractivity (Wildman–Crippen MR) is 94.1 cm³/mol. The number of thiophene rings is 1. The second kappa shape index (κ2) is 6.76. The normalized spacial score (nSPS) is 10.5. The number of ether oxygens (including phenoxy) is 2. The largest absolute Gasteiger partial charge is 0.497 e. The summed E-state index contributed by atoms with van der Waals surface area (Å²) < 4.78 is 10.7. The van der Waals surface area contributed by atoms with Gasteiger partial charge in [-0.1, -0.05) is 6.07 Å². The van der Waals surface area contributed by atoms with E-state index in [0.717, 1.165) is 11.3 Å². The Kier molecular flexibility index (Phi) is 4.52. The van der Waals surface area contributed by atoms with Crippen molar-refractivity contribution < 1.29 is 14.3 Å². The first-order valence-electron chi connectivity index (χ1n) is 7.26. The number of rotatable bonds is 5. The predicted octanol–water partition coefficient (Wildman–Crippen LogP) is 3.72. The lowest BCUT2D eigenvalue weighted by Crippen LogP contribution is -2.11. The van der Waals surface area contributed by atoms with Crippen molar-refractivity contribution in [1.82, 2.24) is 10.2 Å². The van der Waals surface area contributed by atoms with Crippen LogP contribution in [0.15, 0.2) is 35.7 Å². The van der Waals surface area contributed by atoms with E-state index in [4.69, 9.17) is 9.47 Å². The van der Waals surface area contributed by atoms with Crippen LogP contribution in [0.25, 0.3) is 11.3 Å². The molecule has 0 radical (unpaired) electrons. The van der Waals surface area contributed by atoms with E-state index in [1.165, 1.54) is 11.3 Å². The fraction of sp³-hybridized carbons (Fsp3) is 0.176. The number of amides is 1. The van der Waals surface area contributed by atoms with E-state index in [1.54, 1.807) is 20.3 Å². The van der Waals surface area contributed by atoms with Crippen LogP contribution in [0.3, 0.4) is 0 Å². The van der Waals surface area contributed by atoms with Crippen LogP contribution in [0.2, 0.25) is 0 Å². The molecule has 1 aromatic carbocycles. The first kappa shape index (κ1) is 16.1. The molecule has 1 amide bonds. The number of aromatic amines is 1. The highest BCUT2D eigenvalue weighted by Gasteiger charge is 2.19. The number of methoxy groups -OCH3 is 2. The summed E-state index contributed by atoms with van der Waals surface area (Å²) in [4.78, 5) is 13.0. The van der Waals surface area contributed by atoms with Crippen molar-refractivity contribution in [2.45, 2.75) is 6.92 Å². The summed E-state index contributed by atoms with van der Waals surface area (Å²) in [5, 5.41) is 12.0. The minimum Gasteiger partial charge on any atom is -0.497 e. The first-order chi connectivity index (χ1) is 11.6. The zero-order valence-corrected chi connectivity index (χ0v) is 14.4. The Morgan fingerprint density at radius 2 is 2.08 bits per heavy atom. The van der Waals surface area contributed by atoms with Crippen molar-refractivity contribution in [1.29, 1.82) is 0 Å². The number of carbonyl (C=O) groups excluding carboxylic acids is 1. The molecule has 0 fully saturated rings. The smallest absolute Gasteiger partial charge is 0.265 e. The molecule has 0 aliphatic carbocycles. The zero-order chi connectivity index (χ0) is 17.1. The number of aromatic nitrogens is 2. The highest BCUT2D eigenvalue weighted by atomic mass is 32.1. The van der Waals surface area contributed by atoms with E-state index < -0.39 is 0 Å². The first-order valence-corrected chi connectivity index (χ1v) is 8.14. The number of benzene rings is 1. The summed E-state index contributed by atoms with van der Waals surface area (Å²) in [7, 11) is 3.19. The van der Waals surface area contributed by atoms with Gasteiger partial charge in [-0.25, -0.2) is 0 Å². The maximum atomic E-state index is 12.4. The average Bonchev–Trinajstić information content (AvgIpc) is 3.25. The number of nitrogens with zero attached hydrogens (tertiary/aromatic N) is 1. The molecule has 2 heterocycles. The van der Waals surface area contributed by atoms with Gasteiger partial charge in [-0.3, -0.25) is 9.89 Å². The van der Waals surface area contributed by atoms with Gasteiger partial charge >= 0.3 is 0 Å². The van der Waals surface area contributed by atoms with E-state index in [1.807, 2.05) is 36.6 Å². The third-order valence-electron chi connectivity index (χ3n) is 3.59. The Labute approximate surface area is 143 Å². The van der Waals surface area contributed by atoms with Gasteiger partial charge in [-0.15, -0.1) is 11.3 Å². The van der Waals surface area contributed by atoms with Gasteiger partial charge in [0.15, 0.2) is 0 Å². The maximum absolute atomic E-state index is 12.4. The molecule has 2 aromatic heterocycles. The Bertz CT molecular complexity index is 856. The second-order valence-corrected chi connectivity index (χ2v) is 6.02. The topological polar surface area (TPSA) is 76.2 Å². The lowest BCUT2D eigenvalue weighted by molar-refractivity contribution is 0.103. The van der Waals surface area contributed by atoms with Crippen molar-refractivity contribution in [3.05, 3.63) is 46.3 Å². The molecule has 0 aliphatic heterocycles. The number of aryl methyl sites for hydroxylation is 1. The van der Waals surface area contributed by atoms with Crippen LogP contribution in [0, 0.1) is 6.92 Å². The molecule has 2 N–H and O–H groups in total. The molecule has 6 nitrogen and oxygen atoms in total. The van der Waals surface area contributed by atoms with E-state index in [2.05, 4.69) is 15.5 Å². The van der Waals surface area contributed by atoms with Crippen molar-refractivity contribution >= 4 is 22.9 Å². The SMILES string of the molecule is COc1ccc(OC)c(-c2n[nH]c(C)c2NC(=O)c2cccs2)c1. The fourth-order valence-corrected chi connectivity index (χ4v) is 2.98. The molecule has 0 aliphatic rings. The maximum Gasteiger partial charge on any atom is 0.265 e. The highest BCUT2D eigenvalue weighted by Crippen LogP contribution is 2.37. The van der Waals surface area contributed by atoms with Crippen LogP contribution in [0.1, 0.15) is 15.4 Å². The number of carbonyl (C=O) groups is 1. The van der Waals surface area contributed by atoms with E-state index in [9.17, 15) is 4.79 Å². The molecule has 0 spiro atoms. The van der Waals surface area contributed by atoms with Crippen molar-refractivity contribution in [3.8, 4) is 22.8 Å². The Balaban J connectivity index is 2.03. The number of nitrogens with one attached hydrogen (secondary N) is 2. The number of H-pyrrole nitrogens is 1. The molecular formula is C17H17N3O3S. The molecule has 0 saturated carbocycles. The standard InChI is InChI=1S/C17H17N3O3S/c1-10-15(18-17(21)14-5-4-8-24-14)16(20-19-10)12-9-11(22-2)6-7-13(12)23-3/h4-9H,1-3H3,(H,18,21)(H,19,20). The summed E-state index contributed by atoms with van der Waals surface area (Å²) in [5.74, 6) is 1.16. The van der Waals surface area contributed by atoms with Gasteiger partial charge in [0.05, 0.1) is 30.5 Å². The second-order valence-electron chi connectivity index (χ2n) is 5.07. The molecule has 0 atom stereocenters. The Morgan fingerprint density at radius 3 is 2.75 bits per heavy atom. The Hall–Kier alpha value is -2.80. The third kappa shape index (κ3) is 2.98. The molecule has 24 heavy (non-hydrogen) atoms. The van der Waals surface area contributed by atoms with Gasteiger partial charge in [0.25, 0.3) is 5.91 Å². The van der Waals surface area contributed by atoms with Crippen LogP contribution in [0.5, 0.6) is 11.5 Å². The minimum absolute atomic E-state index is 0.169. The van der Waals surface area contributed by atoms with E-state index in [-0.39, 0.29) is 5.91 Å². The lowest BCUT2D eigenvalue weighted by Gasteiger charge is -2.11. The van der Waals surface area contributed by atoms with Crippen LogP contribution in [-0.2, 0) is 0 Å². The molecule has 124 valence electrons. The van der Waals surface area contributed by atoms with Gasteiger partial charge in [-0.05, 0) is 36.6 Å². The van der Waals surface area contributed by atoms with Crippen molar-refractivity contribution in [3.63, 3.8) is 0 Å². The average molecular weight is 343 g/mol. The fourth-order valence-electron chi connectivity index (χ4n) is 2.36. The number of hydrogen-bond donors (Lipinski definition) is 2. The Morgan fingerprint density at radius 1 is 1.25 bits per heavy atom. The van der Waals surface area contributed by atoms with Gasteiger partial charge in [0, 0.05) is 5.56 Å². The summed E-state index contributed by atoms with van der Waals surface area (Å²) in [6.07, 6.45) is 0. The lowest BCUT2D eigenvalue weighted by atomic mass is 10.1. The van der Waals surface area contributed by atoms with E-state index in [0.29, 0.717) is 27.8 Å². The number of anilines is 1. The van der Waals surface area contributed by atoms with Crippen LogP contribution in [0.4, 0.5) is 5.69 Å². The van der Waals surface area contributed by atoms with Crippen LogP contribution in [-0.4, -0.2) is 30.3 Å². The van der Waals surface area contributed by atoms with Crippen molar-refractivity contribution in [2.75, 3.05) is 19.5 Å². The zero-order valence-electron chi connectivity index (χ0n) is 13.5. The molecule has 0 unspecified atom stereocenters. The van der Waals surface area contributed by atoms with Gasteiger partial charge in [-0.2, -0.15) is 5.10 Å². The molecule has 3 rings (SSSR count). The summed E-state index contributed by atoms with van der Waals surface area (Å²) in [6.45, 7) is 1.85. The van der Waals surface area contributed by atoms with Crippen molar-refractivity contribution in [2.24, 2.45) is 0 Å². The monoisotopic (exact) mass is 343 g/mol. The van der Waals surface area contributed by atoms with Crippen LogP contribution < -0.4 is 14.8 Å².